The molecule has 0 fully saturated rings. The van der Waals surface area contributed by atoms with E-state index >= 15 is 0 Å². The van der Waals surface area contributed by atoms with Crippen LogP contribution in [0.25, 0.3) is 5.69 Å². The zero-order valence-electron chi connectivity index (χ0n) is 16.1. The van der Waals surface area contributed by atoms with Gasteiger partial charge in [0.1, 0.15) is 18.2 Å². The summed E-state index contributed by atoms with van der Waals surface area (Å²) in [4.78, 5) is 12.5. The molecule has 2 aromatic heterocycles. The molecule has 0 spiro atoms. The van der Waals surface area contributed by atoms with E-state index in [9.17, 15) is 9.18 Å². The van der Waals surface area contributed by atoms with E-state index < -0.39 is 0 Å². The molecule has 2 N–H and O–H groups in total. The van der Waals surface area contributed by atoms with Crippen LogP contribution in [0.3, 0.4) is 0 Å². The number of aryl methyl sites for hydroxylation is 1. The van der Waals surface area contributed by atoms with Crippen LogP contribution in [0, 0.1) is 17.5 Å². The van der Waals surface area contributed by atoms with Crippen LogP contribution < -0.4 is 5.32 Å². The molecule has 1 amide bonds. The van der Waals surface area contributed by atoms with Gasteiger partial charge in [0.2, 0.25) is 5.91 Å². The first kappa shape index (κ1) is 19.9. The predicted molar refractivity (Wildman–Crippen MR) is 106 cm³/mol. The molecule has 3 rings (SSSR count). The van der Waals surface area contributed by atoms with E-state index in [1.165, 1.54) is 12.1 Å². The molecule has 9 heteroatoms. The summed E-state index contributed by atoms with van der Waals surface area (Å²) in [7, 11) is 0. The van der Waals surface area contributed by atoms with E-state index in [-0.39, 0.29) is 24.3 Å². The van der Waals surface area contributed by atoms with Crippen molar-refractivity contribution in [3.63, 3.8) is 0 Å². The minimum atomic E-state index is -0.297. The van der Waals surface area contributed by atoms with Gasteiger partial charge in [0, 0.05) is 17.7 Å². The summed E-state index contributed by atoms with van der Waals surface area (Å²) in [5, 5.41) is 14.3. The summed E-state index contributed by atoms with van der Waals surface area (Å²) in [6, 6.07) is 5.88. The highest BCUT2D eigenvalue weighted by Gasteiger charge is 2.17. The van der Waals surface area contributed by atoms with Crippen LogP contribution in [0.1, 0.15) is 43.4 Å². The third kappa shape index (κ3) is 4.19. The third-order valence-electron chi connectivity index (χ3n) is 4.58. The van der Waals surface area contributed by atoms with E-state index in [2.05, 4.69) is 20.6 Å². The highest BCUT2D eigenvalue weighted by Crippen LogP contribution is 2.20. The molecular weight excluding hydrogens is 379 g/mol. The Kier molecular flexibility index (Phi) is 6.03. The first-order chi connectivity index (χ1) is 13.4. The second kappa shape index (κ2) is 8.47. The van der Waals surface area contributed by atoms with Crippen LogP contribution >= 0.6 is 12.2 Å². The lowest BCUT2D eigenvalue weighted by molar-refractivity contribution is -0.122. The zero-order chi connectivity index (χ0) is 20.3. The molecule has 0 aliphatic rings. The van der Waals surface area contributed by atoms with Crippen molar-refractivity contribution in [3.05, 3.63) is 58.1 Å². The van der Waals surface area contributed by atoms with Crippen LogP contribution in [0.4, 0.5) is 4.39 Å². The lowest BCUT2D eigenvalue weighted by Crippen LogP contribution is -2.31. The number of hydrogen-bond donors (Lipinski definition) is 2. The van der Waals surface area contributed by atoms with Crippen LogP contribution in [0.15, 0.2) is 30.5 Å². The quantitative estimate of drug-likeness (QED) is 0.594. The smallest absolute Gasteiger partial charge is 0.240 e. The number of hydrogen-bond acceptors (Lipinski definition) is 4. The second-order valence-electron chi connectivity index (χ2n) is 6.64. The van der Waals surface area contributed by atoms with Gasteiger partial charge in [0.05, 0.1) is 17.9 Å². The maximum absolute atomic E-state index is 13.1. The van der Waals surface area contributed by atoms with Crippen molar-refractivity contribution in [2.45, 2.75) is 46.2 Å². The standard InChI is InChI=1S/C19H23FN6OS/c1-4-5-17-23-24-19(28)25(17)11-18(27)22-12(2)16-10-21-26(13(16)3)15-8-6-14(20)7-9-15/h6-10,12H,4-5,11H2,1-3H3,(H,22,27)(H,24,28)/t12-/m1/s1. The number of aromatic nitrogens is 5. The molecule has 1 atom stereocenters. The van der Waals surface area contributed by atoms with Gasteiger partial charge in [-0.15, -0.1) is 0 Å². The average molecular weight is 402 g/mol. The van der Waals surface area contributed by atoms with Crippen molar-refractivity contribution in [1.29, 1.82) is 0 Å². The fourth-order valence-corrected chi connectivity index (χ4v) is 3.34. The summed E-state index contributed by atoms with van der Waals surface area (Å²) in [5.41, 5.74) is 2.53. The summed E-state index contributed by atoms with van der Waals surface area (Å²) in [6.45, 7) is 5.98. The lowest BCUT2D eigenvalue weighted by atomic mass is 10.1. The summed E-state index contributed by atoms with van der Waals surface area (Å²) >= 11 is 5.22. The van der Waals surface area contributed by atoms with Gasteiger partial charge in [0.15, 0.2) is 4.77 Å². The van der Waals surface area contributed by atoms with Crippen molar-refractivity contribution in [2.24, 2.45) is 0 Å². The maximum Gasteiger partial charge on any atom is 0.240 e. The van der Waals surface area contributed by atoms with E-state index in [1.54, 1.807) is 27.6 Å². The number of amides is 1. The predicted octanol–water partition coefficient (Wildman–Crippen LogP) is 3.40. The van der Waals surface area contributed by atoms with Crippen LogP contribution in [-0.2, 0) is 17.8 Å². The first-order valence-corrected chi connectivity index (χ1v) is 9.55. The third-order valence-corrected chi connectivity index (χ3v) is 4.89. The number of halogens is 1. The molecule has 2 heterocycles. The number of aromatic amines is 1. The van der Waals surface area contributed by atoms with Gasteiger partial charge in [-0.25, -0.2) is 9.07 Å². The first-order valence-electron chi connectivity index (χ1n) is 9.14. The number of H-pyrrole nitrogens is 1. The molecule has 1 aromatic carbocycles. The van der Waals surface area contributed by atoms with E-state index in [4.69, 9.17) is 12.2 Å². The SMILES string of the molecule is CCCc1n[nH]c(=S)n1CC(=O)N[C@H](C)c1cnn(-c2ccc(F)cc2)c1C. The normalized spacial score (nSPS) is 12.1. The summed E-state index contributed by atoms with van der Waals surface area (Å²) < 4.78 is 17.0. The Bertz CT molecular complexity index is 1020. The second-order valence-corrected chi connectivity index (χ2v) is 7.03. The molecular formula is C19H23FN6OS. The van der Waals surface area contributed by atoms with Crippen molar-refractivity contribution >= 4 is 18.1 Å². The van der Waals surface area contributed by atoms with Gasteiger partial charge < -0.3 is 5.32 Å². The van der Waals surface area contributed by atoms with Crippen LogP contribution in [0.2, 0.25) is 0 Å². The Balaban J connectivity index is 1.72. The molecule has 0 radical (unpaired) electrons. The van der Waals surface area contributed by atoms with Gasteiger partial charge in [-0.2, -0.15) is 10.2 Å². The lowest BCUT2D eigenvalue weighted by Gasteiger charge is -2.15. The number of rotatable bonds is 7. The molecule has 0 aliphatic heterocycles. The molecule has 0 unspecified atom stereocenters. The molecule has 3 aromatic rings. The highest BCUT2D eigenvalue weighted by atomic mass is 32.1. The molecule has 0 saturated heterocycles. The van der Waals surface area contributed by atoms with E-state index in [0.29, 0.717) is 4.77 Å². The van der Waals surface area contributed by atoms with Crippen LogP contribution in [-0.4, -0.2) is 30.5 Å². The zero-order valence-corrected chi connectivity index (χ0v) is 16.9. The Hall–Kier alpha value is -2.81. The number of carbonyl (C=O) groups excluding carboxylic acids is 1. The van der Waals surface area contributed by atoms with Gasteiger partial charge >= 0.3 is 0 Å². The fourth-order valence-electron chi connectivity index (χ4n) is 3.13. The van der Waals surface area contributed by atoms with Crippen LogP contribution in [0.5, 0.6) is 0 Å². The van der Waals surface area contributed by atoms with Crippen molar-refractivity contribution < 1.29 is 9.18 Å². The minimum Gasteiger partial charge on any atom is -0.348 e. The average Bonchev–Trinajstić information content (AvgIpc) is 3.20. The number of benzene rings is 1. The Labute approximate surface area is 167 Å². The Morgan fingerprint density at radius 1 is 1.36 bits per heavy atom. The molecule has 148 valence electrons. The largest absolute Gasteiger partial charge is 0.348 e. The van der Waals surface area contributed by atoms with Gasteiger partial charge in [-0.3, -0.25) is 14.5 Å². The number of nitrogens with one attached hydrogen (secondary N) is 2. The molecule has 0 saturated carbocycles. The summed E-state index contributed by atoms with van der Waals surface area (Å²) in [5.74, 6) is 0.321. The fraction of sp³-hybridized carbons (Fsp3) is 0.368. The van der Waals surface area contributed by atoms with Crippen molar-refractivity contribution in [1.82, 2.24) is 29.9 Å². The molecule has 0 aliphatic carbocycles. The Morgan fingerprint density at radius 3 is 2.75 bits per heavy atom. The topological polar surface area (TPSA) is 80.5 Å². The van der Waals surface area contributed by atoms with Gasteiger partial charge in [0.25, 0.3) is 0 Å². The van der Waals surface area contributed by atoms with Crippen molar-refractivity contribution in [2.75, 3.05) is 0 Å². The highest BCUT2D eigenvalue weighted by molar-refractivity contribution is 7.71. The number of nitrogens with zero attached hydrogens (tertiary/aromatic N) is 4. The van der Waals surface area contributed by atoms with E-state index in [1.807, 2.05) is 20.8 Å². The maximum atomic E-state index is 13.1. The van der Waals surface area contributed by atoms with Crippen molar-refractivity contribution in [3.8, 4) is 5.69 Å². The molecule has 7 nitrogen and oxygen atoms in total. The van der Waals surface area contributed by atoms with Gasteiger partial charge in [-0.05, 0) is 56.8 Å². The Morgan fingerprint density at radius 2 is 2.07 bits per heavy atom. The molecule has 0 bridgehead atoms. The van der Waals surface area contributed by atoms with Gasteiger partial charge in [-0.1, -0.05) is 6.92 Å². The molecule has 28 heavy (non-hydrogen) atoms. The minimum absolute atomic E-state index is 0.111. The monoisotopic (exact) mass is 402 g/mol. The summed E-state index contributed by atoms with van der Waals surface area (Å²) in [6.07, 6.45) is 3.38. The van der Waals surface area contributed by atoms with E-state index in [0.717, 1.165) is 35.6 Å². The number of carbonyl (C=O) groups is 1.